The van der Waals surface area contributed by atoms with E-state index in [4.69, 9.17) is 0 Å². The molecule has 118 valence electrons. The van der Waals surface area contributed by atoms with Gasteiger partial charge in [-0.2, -0.15) is 0 Å². The van der Waals surface area contributed by atoms with Gasteiger partial charge >= 0.3 is 0 Å². The summed E-state index contributed by atoms with van der Waals surface area (Å²) in [6.45, 7) is 11.8. The highest BCUT2D eigenvalue weighted by Crippen LogP contribution is 2.39. The second-order valence-electron chi connectivity index (χ2n) is 6.26. The number of imide groups is 1. The monoisotopic (exact) mass is 317 g/mol. The van der Waals surface area contributed by atoms with E-state index in [-0.39, 0.29) is 23.1 Å². The van der Waals surface area contributed by atoms with Crippen LogP contribution in [0.5, 0.6) is 0 Å². The lowest BCUT2D eigenvalue weighted by Gasteiger charge is -2.19. The number of rotatable bonds is 4. The fourth-order valence-corrected chi connectivity index (χ4v) is 3.66. The Bertz CT molecular complexity index is 659. The van der Waals surface area contributed by atoms with Gasteiger partial charge in [-0.3, -0.25) is 14.5 Å². The first-order valence-corrected chi connectivity index (χ1v) is 8.48. The summed E-state index contributed by atoms with van der Waals surface area (Å²) in [4.78, 5) is 27.5. The van der Waals surface area contributed by atoms with Gasteiger partial charge in [-0.1, -0.05) is 37.6 Å². The summed E-state index contributed by atoms with van der Waals surface area (Å²) < 4.78 is 0. The maximum Gasteiger partial charge on any atom is 0.268 e. The molecule has 1 aromatic carbocycles. The molecule has 1 aromatic rings. The number of aryl methyl sites for hydroxylation is 2. The Hall–Kier alpha value is -1.55. The number of hydrogen-bond donors (Lipinski definition) is 0. The summed E-state index contributed by atoms with van der Waals surface area (Å²) in [5.74, 6) is -0.330. The van der Waals surface area contributed by atoms with E-state index in [0.717, 1.165) is 16.7 Å². The third kappa shape index (κ3) is 2.98. The Kier molecular flexibility index (Phi) is 4.81. The topological polar surface area (TPSA) is 37.4 Å². The molecule has 0 saturated carbocycles. The first-order valence-electron chi connectivity index (χ1n) is 7.60. The minimum Gasteiger partial charge on any atom is -0.271 e. The molecule has 0 saturated heterocycles. The zero-order valence-corrected chi connectivity index (χ0v) is 14.9. The minimum atomic E-state index is -0.171. The highest BCUT2D eigenvalue weighted by molar-refractivity contribution is 8.04. The van der Waals surface area contributed by atoms with E-state index in [1.165, 1.54) is 16.7 Å². The lowest BCUT2D eigenvalue weighted by Crippen LogP contribution is -2.37. The normalized spacial score (nSPS) is 15.7. The lowest BCUT2D eigenvalue weighted by atomic mass is 9.98. The molecule has 1 aliphatic heterocycles. The maximum absolute atomic E-state index is 12.8. The first kappa shape index (κ1) is 16.8. The molecular weight excluding hydrogens is 294 g/mol. The fraction of sp³-hybridized carbons (Fsp3) is 0.444. The van der Waals surface area contributed by atoms with Crippen molar-refractivity contribution in [2.24, 2.45) is 0 Å². The van der Waals surface area contributed by atoms with E-state index in [1.54, 1.807) is 0 Å². The van der Waals surface area contributed by atoms with Gasteiger partial charge in [-0.25, -0.2) is 0 Å². The number of amides is 2. The molecule has 1 heterocycles. The Labute approximate surface area is 136 Å². The van der Waals surface area contributed by atoms with Crippen LogP contribution in [0.2, 0.25) is 0 Å². The van der Waals surface area contributed by atoms with Crippen LogP contribution in [-0.4, -0.2) is 28.0 Å². The van der Waals surface area contributed by atoms with E-state index < -0.39 is 0 Å². The molecule has 0 spiro atoms. The second kappa shape index (κ2) is 6.29. The van der Waals surface area contributed by atoms with E-state index in [0.29, 0.717) is 10.5 Å². The third-order valence-electron chi connectivity index (χ3n) is 3.59. The Balaban J connectivity index is 2.62. The van der Waals surface area contributed by atoms with Crippen molar-refractivity contribution in [3.8, 4) is 0 Å². The van der Waals surface area contributed by atoms with Crippen LogP contribution >= 0.6 is 11.8 Å². The van der Waals surface area contributed by atoms with Gasteiger partial charge in [0.25, 0.3) is 11.8 Å². The van der Waals surface area contributed by atoms with E-state index in [9.17, 15) is 9.59 Å². The number of benzene rings is 1. The van der Waals surface area contributed by atoms with Gasteiger partial charge in [0.2, 0.25) is 0 Å². The van der Waals surface area contributed by atoms with Gasteiger partial charge in [0.15, 0.2) is 0 Å². The predicted molar refractivity (Wildman–Crippen MR) is 92.6 cm³/mol. The zero-order chi connectivity index (χ0) is 16.6. The van der Waals surface area contributed by atoms with Crippen molar-refractivity contribution in [1.82, 2.24) is 4.90 Å². The maximum atomic E-state index is 12.8. The van der Waals surface area contributed by atoms with E-state index in [2.05, 4.69) is 6.07 Å². The molecule has 0 fully saturated rings. The van der Waals surface area contributed by atoms with Crippen LogP contribution in [0, 0.1) is 13.8 Å². The average Bonchev–Trinajstić information content (AvgIpc) is 2.61. The van der Waals surface area contributed by atoms with Crippen LogP contribution in [0.1, 0.15) is 44.4 Å². The summed E-state index contributed by atoms with van der Waals surface area (Å²) in [5, 5.41) is 0.250. The molecule has 2 amide bonds. The van der Waals surface area contributed by atoms with Crippen molar-refractivity contribution in [2.45, 2.75) is 52.8 Å². The van der Waals surface area contributed by atoms with Crippen LogP contribution in [0.4, 0.5) is 0 Å². The lowest BCUT2D eigenvalue weighted by molar-refractivity contribution is -0.138. The zero-order valence-electron chi connectivity index (χ0n) is 14.1. The molecule has 0 N–H and O–H groups in total. The summed E-state index contributed by atoms with van der Waals surface area (Å²) in [6.07, 6.45) is 0. The van der Waals surface area contributed by atoms with Gasteiger partial charge in [0.1, 0.15) is 0 Å². The largest absolute Gasteiger partial charge is 0.271 e. The quantitative estimate of drug-likeness (QED) is 0.790. The molecule has 0 bridgehead atoms. The molecule has 4 heteroatoms. The Morgan fingerprint density at radius 1 is 1.00 bits per heavy atom. The minimum absolute atomic E-state index is 0.133. The van der Waals surface area contributed by atoms with Gasteiger partial charge in [0.05, 0.1) is 10.5 Å². The second-order valence-corrected chi connectivity index (χ2v) is 7.85. The predicted octanol–water partition coefficient (Wildman–Crippen LogP) is 3.93. The van der Waals surface area contributed by atoms with Crippen LogP contribution in [0.15, 0.2) is 23.1 Å². The van der Waals surface area contributed by atoms with Crippen LogP contribution < -0.4 is 0 Å². The smallest absolute Gasteiger partial charge is 0.268 e. The van der Waals surface area contributed by atoms with Crippen molar-refractivity contribution in [1.29, 1.82) is 0 Å². The van der Waals surface area contributed by atoms with E-state index in [1.807, 2.05) is 53.7 Å². The standard InChI is InChI=1S/C18H23NO2S/c1-10(2)19-17(20)15(16(18(19)21)22-11(3)4)14-8-7-12(5)9-13(14)6/h7-11H,1-6H3. The summed E-state index contributed by atoms with van der Waals surface area (Å²) in [6, 6.07) is 5.86. The summed E-state index contributed by atoms with van der Waals surface area (Å²) in [7, 11) is 0. The van der Waals surface area contributed by atoms with Crippen LogP contribution in [0.25, 0.3) is 5.57 Å². The average molecular weight is 317 g/mol. The fourth-order valence-electron chi connectivity index (χ4n) is 2.67. The third-order valence-corrected chi connectivity index (χ3v) is 4.68. The van der Waals surface area contributed by atoms with Gasteiger partial charge in [0, 0.05) is 11.3 Å². The van der Waals surface area contributed by atoms with Crippen molar-refractivity contribution in [3.05, 3.63) is 39.8 Å². The highest BCUT2D eigenvalue weighted by Gasteiger charge is 2.41. The Morgan fingerprint density at radius 2 is 1.64 bits per heavy atom. The van der Waals surface area contributed by atoms with Crippen LogP contribution in [-0.2, 0) is 9.59 Å². The van der Waals surface area contributed by atoms with Crippen molar-refractivity contribution < 1.29 is 9.59 Å². The number of thioether (sulfide) groups is 1. The molecule has 0 aliphatic carbocycles. The first-order chi connectivity index (χ1) is 10.2. The molecule has 0 radical (unpaired) electrons. The van der Waals surface area contributed by atoms with Crippen molar-refractivity contribution in [2.75, 3.05) is 0 Å². The molecule has 0 aromatic heterocycles. The highest BCUT2D eigenvalue weighted by atomic mass is 32.2. The molecule has 3 nitrogen and oxygen atoms in total. The van der Waals surface area contributed by atoms with Gasteiger partial charge in [-0.05, 0) is 38.8 Å². The SMILES string of the molecule is Cc1ccc(C2=C(SC(C)C)C(=O)N(C(C)C)C2=O)c(C)c1. The van der Waals surface area contributed by atoms with Crippen LogP contribution in [0.3, 0.4) is 0 Å². The van der Waals surface area contributed by atoms with Gasteiger partial charge < -0.3 is 0 Å². The molecule has 2 rings (SSSR count). The molecule has 22 heavy (non-hydrogen) atoms. The number of carbonyl (C=O) groups is 2. The molecular formula is C18H23NO2S. The number of hydrogen-bond acceptors (Lipinski definition) is 3. The molecule has 1 aliphatic rings. The van der Waals surface area contributed by atoms with E-state index >= 15 is 0 Å². The van der Waals surface area contributed by atoms with Crippen molar-refractivity contribution >= 4 is 29.1 Å². The van der Waals surface area contributed by atoms with Gasteiger partial charge in [-0.15, -0.1) is 11.8 Å². The Morgan fingerprint density at radius 3 is 2.14 bits per heavy atom. The van der Waals surface area contributed by atoms with Crippen molar-refractivity contribution in [3.63, 3.8) is 0 Å². The molecule has 0 unspecified atom stereocenters. The summed E-state index contributed by atoms with van der Waals surface area (Å²) >= 11 is 1.48. The number of nitrogens with zero attached hydrogens (tertiary/aromatic N) is 1. The number of carbonyl (C=O) groups excluding carboxylic acids is 2. The molecule has 0 atom stereocenters. The summed E-state index contributed by atoms with van der Waals surface area (Å²) in [5.41, 5.74) is 3.62.